The number of likely N-dealkylation sites (tertiary alicyclic amines) is 1. The summed E-state index contributed by atoms with van der Waals surface area (Å²) in [5.74, 6) is -1.43. The number of amides is 2. The van der Waals surface area contributed by atoms with Crippen molar-refractivity contribution in [3.05, 3.63) is 59.8 Å². The van der Waals surface area contributed by atoms with Crippen LogP contribution in [0.15, 0.2) is 57.8 Å². The summed E-state index contributed by atoms with van der Waals surface area (Å²) in [7, 11) is 5.34. The van der Waals surface area contributed by atoms with E-state index in [0.717, 1.165) is 14.8 Å². The first-order valence-electron chi connectivity index (χ1n) is 11.7. The van der Waals surface area contributed by atoms with Gasteiger partial charge in [-0.1, -0.05) is 23.1 Å². The molecule has 1 aliphatic heterocycles. The molecule has 10 nitrogen and oxygen atoms in total. The number of benzene rings is 2. The van der Waals surface area contributed by atoms with Crippen molar-refractivity contribution < 1.29 is 29.3 Å². The smallest absolute Gasteiger partial charge is 0.335 e. The summed E-state index contributed by atoms with van der Waals surface area (Å²) in [4.78, 5) is 45.7. The number of methoxy groups -OCH3 is 1. The van der Waals surface area contributed by atoms with Crippen molar-refractivity contribution in [2.75, 3.05) is 44.5 Å². The number of rotatable bonds is 8. The number of aliphatic hydroxyl groups is 1. The standard InChI is InChI=1S/C26H28N4O6S2/c1-29(2)17-6-4-16(5-7-17)22(31)28-25-27-15-21(38-25)37-18-8-9-20(36-3)19(14-18)23(32)30-12-10-26(35,11-13-30)24(33)34/h4-9,14-15,35H,10-13H2,1-3H3,(H,33,34)(H,27,28,31). The maximum atomic E-state index is 13.2. The van der Waals surface area contributed by atoms with Gasteiger partial charge in [0.2, 0.25) is 0 Å². The Morgan fingerprint density at radius 3 is 2.42 bits per heavy atom. The molecule has 12 heteroatoms. The summed E-state index contributed by atoms with van der Waals surface area (Å²) in [6.45, 7) is 0.246. The molecule has 0 aliphatic carbocycles. The average Bonchev–Trinajstić information content (AvgIpc) is 3.35. The number of hydrogen-bond donors (Lipinski definition) is 3. The third-order valence-corrected chi connectivity index (χ3v) is 8.25. The summed E-state index contributed by atoms with van der Waals surface area (Å²) in [6.07, 6.45) is 1.57. The van der Waals surface area contributed by atoms with Crippen molar-refractivity contribution in [2.45, 2.75) is 27.5 Å². The van der Waals surface area contributed by atoms with Crippen molar-refractivity contribution >= 4 is 51.7 Å². The highest BCUT2D eigenvalue weighted by molar-refractivity contribution is 8.01. The number of thiazole rings is 1. The Morgan fingerprint density at radius 1 is 1.13 bits per heavy atom. The van der Waals surface area contributed by atoms with Crippen molar-refractivity contribution in [3.8, 4) is 5.75 Å². The van der Waals surface area contributed by atoms with Crippen LogP contribution in [0.5, 0.6) is 5.75 Å². The van der Waals surface area contributed by atoms with Gasteiger partial charge < -0.3 is 24.7 Å². The summed E-state index contributed by atoms with van der Waals surface area (Å²) >= 11 is 2.71. The van der Waals surface area contributed by atoms with Gasteiger partial charge in [-0.3, -0.25) is 14.9 Å². The van der Waals surface area contributed by atoms with E-state index in [0.29, 0.717) is 22.0 Å². The number of piperidine rings is 1. The number of aromatic nitrogens is 1. The van der Waals surface area contributed by atoms with Crippen LogP contribution >= 0.6 is 23.1 Å². The van der Waals surface area contributed by atoms with E-state index >= 15 is 0 Å². The fourth-order valence-corrected chi connectivity index (χ4v) is 5.83. The predicted octanol–water partition coefficient (Wildman–Crippen LogP) is 3.67. The van der Waals surface area contributed by atoms with Crippen LogP contribution in [0.3, 0.4) is 0 Å². The first-order chi connectivity index (χ1) is 18.1. The lowest BCUT2D eigenvalue weighted by molar-refractivity contribution is -0.162. The van der Waals surface area contributed by atoms with Gasteiger partial charge in [0.05, 0.1) is 23.1 Å². The number of nitrogens with one attached hydrogen (secondary N) is 1. The quantitative estimate of drug-likeness (QED) is 0.380. The van der Waals surface area contributed by atoms with Gasteiger partial charge in [0, 0.05) is 56.2 Å². The minimum atomic E-state index is -1.81. The third-order valence-electron chi connectivity index (χ3n) is 6.25. The molecule has 3 N–H and O–H groups in total. The predicted molar refractivity (Wildman–Crippen MR) is 146 cm³/mol. The fourth-order valence-electron chi connectivity index (χ4n) is 3.94. The van der Waals surface area contributed by atoms with Crippen LogP contribution in [0.1, 0.15) is 33.6 Å². The van der Waals surface area contributed by atoms with Crippen LogP contribution < -0.4 is 15.0 Å². The summed E-state index contributed by atoms with van der Waals surface area (Å²) in [6, 6.07) is 12.5. The number of hydrogen-bond acceptors (Lipinski definition) is 9. The molecular formula is C26H28N4O6S2. The zero-order valence-electron chi connectivity index (χ0n) is 21.1. The molecule has 1 aromatic heterocycles. The Labute approximate surface area is 228 Å². The van der Waals surface area contributed by atoms with Gasteiger partial charge in [-0.15, -0.1) is 0 Å². The van der Waals surface area contributed by atoms with Gasteiger partial charge in [-0.25, -0.2) is 9.78 Å². The fraction of sp³-hybridized carbons (Fsp3) is 0.308. The van der Waals surface area contributed by atoms with Gasteiger partial charge in [0.15, 0.2) is 10.7 Å². The van der Waals surface area contributed by atoms with Crippen LogP contribution in [0.4, 0.5) is 10.8 Å². The molecule has 4 rings (SSSR count). The zero-order chi connectivity index (χ0) is 27.4. The molecule has 0 radical (unpaired) electrons. The number of carbonyl (C=O) groups excluding carboxylic acids is 2. The normalized spacial score (nSPS) is 14.6. The highest BCUT2D eigenvalue weighted by Crippen LogP contribution is 2.37. The van der Waals surface area contributed by atoms with Gasteiger partial charge >= 0.3 is 5.97 Å². The van der Waals surface area contributed by atoms with Gasteiger partial charge in [0.25, 0.3) is 11.8 Å². The molecule has 3 aromatic rings. The highest BCUT2D eigenvalue weighted by atomic mass is 32.2. The largest absolute Gasteiger partial charge is 0.496 e. The highest BCUT2D eigenvalue weighted by Gasteiger charge is 2.40. The van der Waals surface area contributed by atoms with Crippen molar-refractivity contribution in [2.24, 2.45) is 0 Å². The number of aliphatic carboxylic acids is 1. The van der Waals surface area contributed by atoms with Crippen LogP contribution in [0.25, 0.3) is 0 Å². The number of ether oxygens (including phenoxy) is 1. The first kappa shape index (κ1) is 27.4. The topological polar surface area (TPSA) is 132 Å². The average molecular weight is 557 g/mol. The zero-order valence-corrected chi connectivity index (χ0v) is 22.8. The number of carbonyl (C=O) groups is 3. The molecule has 0 atom stereocenters. The molecule has 0 bridgehead atoms. The summed E-state index contributed by atoms with van der Waals surface area (Å²) in [5, 5.41) is 22.7. The first-order valence-corrected chi connectivity index (χ1v) is 13.4. The van der Waals surface area contributed by atoms with E-state index in [9.17, 15) is 24.6 Å². The molecule has 0 unspecified atom stereocenters. The Kier molecular flexibility index (Phi) is 8.24. The van der Waals surface area contributed by atoms with Crippen molar-refractivity contribution in [1.29, 1.82) is 0 Å². The lowest BCUT2D eigenvalue weighted by Crippen LogP contribution is -2.50. The number of anilines is 2. The summed E-state index contributed by atoms with van der Waals surface area (Å²) in [5.41, 5.74) is 0.0530. The van der Waals surface area contributed by atoms with Crippen LogP contribution in [-0.4, -0.2) is 77.8 Å². The molecule has 2 heterocycles. The van der Waals surface area contributed by atoms with Crippen molar-refractivity contribution in [1.82, 2.24) is 9.88 Å². The monoisotopic (exact) mass is 556 g/mol. The Morgan fingerprint density at radius 2 is 1.82 bits per heavy atom. The lowest BCUT2D eigenvalue weighted by Gasteiger charge is -2.35. The maximum absolute atomic E-state index is 13.2. The Bertz CT molecular complexity index is 1330. The number of carboxylic acids is 1. The van der Waals surface area contributed by atoms with E-state index in [4.69, 9.17) is 4.74 Å². The van der Waals surface area contributed by atoms with E-state index in [1.165, 1.54) is 35.1 Å². The molecule has 1 fully saturated rings. The van der Waals surface area contributed by atoms with E-state index in [1.54, 1.807) is 30.5 Å². The molecular weight excluding hydrogens is 528 g/mol. The molecule has 1 saturated heterocycles. The van der Waals surface area contributed by atoms with Gasteiger partial charge in [-0.2, -0.15) is 0 Å². The van der Waals surface area contributed by atoms with Crippen molar-refractivity contribution in [3.63, 3.8) is 0 Å². The van der Waals surface area contributed by atoms with E-state index < -0.39 is 11.6 Å². The van der Waals surface area contributed by atoms with Crippen LogP contribution in [-0.2, 0) is 4.79 Å². The van der Waals surface area contributed by atoms with Crippen LogP contribution in [0, 0.1) is 0 Å². The van der Waals surface area contributed by atoms with E-state index in [-0.39, 0.29) is 37.7 Å². The second kappa shape index (κ2) is 11.4. The third kappa shape index (κ3) is 6.09. The summed E-state index contributed by atoms with van der Waals surface area (Å²) < 4.78 is 6.21. The lowest BCUT2D eigenvalue weighted by atomic mass is 9.91. The molecule has 1 aliphatic rings. The molecule has 2 amide bonds. The maximum Gasteiger partial charge on any atom is 0.335 e. The van der Waals surface area contributed by atoms with Crippen LogP contribution in [0.2, 0.25) is 0 Å². The molecule has 0 saturated carbocycles. The van der Waals surface area contributed by atoms with E-state index in [2.05, 4.69) is 10.3 Å². The Balaban J connectivity index is 1.43. The molecule has 2 aromatic carbocycles. The van der Waals surface area contributed by atoms with Gasteiger partial charge in [0.1, 0.15) is 5.75 Å². The minimum absolute atomic E-state index is 0.0417. The molecule has 0 spiro atoms. The minimum Gasteiger partial charge on any atom is -0.496 e. The van der Waals surface area contributed by atoms with E-state index in [1.807, 2.05) is 37.2 Å². The number of nitrogens with zero attached hydrogens (tertiary/aromatic N) is 3. The molecule has 38 heavy (non-hydrogen) atoms. The Hall–Kier alpha value is -3.61. The second-order valence-electron chi connectivity index (χ2n) is 8.97. The second-order valence-corrected chi connectivity index (χ2v) is 11.4. The van der Waals surface area contributed by atoms with Gasteiger partial charge in [-0.05, 0) is 42.5 Å². The SMILES string of the molecule is COc1ccc(Sc2cnc(NC(=O)c3ccc(N(C)C)cc3)s2)cc1C(=O)N1CCC(O)(C(=O)O)CC1. The number of carboxylic acid groups (broad SMARTS) is 1. The molecule has 200 valence electrons.